The second-order valence-corrected chi connectivity index (χ2v) is 5.60. The first-order chi connectivity index (χ1) is 11.5. The first kappa shape index (κ1) is 17.5. The Morgan fingerprint density at radius 2 is 1.62 bits per heavy atom. The Balaban J connectivity index is 1.89. The van der Waals surface area contributed by atoms with Crippen molar-refractivity contribution in [2.24, 2.45) is 0 Å². The van der Waals surface area contributed by atoms with Crippen molar-refractivity contribution in [2.75, 3.05) is 11.9 Å². The number of ether oxygens (including phenoxy) is 1. The van der Waals surface area contributed by atoms with Gasteiger partial charge in [-0.3, -0.25) is 0 Å². The zero-order valence-corrected chi connectivity index (χ0v) is 14.2. The predicted molar refractivity (Wildman–Crippen MR) is 94.2 cm³/mol. The Morgan fingerprint density at radius 1 is 1.00 bits per heavy atom. The summed E-state index contributed by atoms with van der Waals surface area (Å²) in [5.74, 6) is -0.372. The summed E-state index contributed by atoms with van der Waals surface area (Å²) in [5, 5.41) is 5.56. The van der Waals surface area contributed by atoms with E-state index in [1.165, 1.54) is 11.1 Å². The van der Waals surface area contributed by atoms with Gasteiger partial charge >= 0.3 is 12.0 Å². The van der Waals surface area contributed by atoms with Gasteiger partial charge in [0.05, 0.1) is 12.2 Å². The minimum absolute atomic E-state index is 0.293. The Hall–Kier alpha value is -2.82. The summed E-state index contributed by atoms with van der Waals surface area (Å²) >= 11 is 0. The normalized spacial score (nSPS) is 10.1. The average Bonchev–Trinajstić information content (AvgIpc) is 2.53. The number of carbonyl (C=O) groups is 2. The van der Waals surface area contributed by atoms with Gasteiger partial charge < -0.3 is 15.4 Å². The summed E-state index contributed by atoms with van der Waals surface area (Å²) in [5.41, 5.74) is 4.46. The molecule has 0 aliphatic carbocycles. The van der Waals surface area contributed by atoms with E-state index < -0.39 is 0 Å². The van der Waals surface area contributed by atoms with Crippen LogP contribution in [-0.4, -0.2) is 18.6 Å². The minimum atomic E-state index is -0.372. The number of nitrogens with one attached hydrogen (secondary N) is 2. The van der Waals surface area contributed by atoms with E-state index in [4.69, 9.17) is 4.74 Å². The van der Waals surface area contributed by atoms with Crippen LogP contribution in [0.4, 0.5) is 10.5 Å². The molecule has 5 nitrogen and oxygen atoms in total. The van der Waals surface area contributed by atoms with E-state index in [1.54, 1.807) is 31.2 Å². The third-order valence-electron chi connectivity index (χ3n) is 3.39. The molecule has 0 heterocycles. The van der Waals surface area contributed by atoms with Crippen molar-refractivity contribution in [3.8, 4) is 0 Å². The van der Waals surface area contributed by atoms with Gasteiger partial charge in [-0.1, -0.05) is 29.3 Å². The van der Waals surface area contributed by atoms with Gasteiger partial charge in [-0.25, -0.2) is 9.59 Å². The van der Waals surface area contributed by atoms with E-state index in [-0.39, 0.29) is 12.0 Å². The average molecular weight is 326 g/mol. The SMILES string of the molecule is CCOC(=O)c1ccc(NC(=O)NCc2cc(C)cc(C)c2)cc1. The highest BCUT2D eigenvalue weighted by Gasteiger charge is 2.07. The van der Waals surface area contributed by atoms with E-state index >= 15 is 0 Å². The standard InChI is InChI=1S/C19H22N2O3/c1-4-24-18(22)16-5-7-17(8-6-16)21-19(23)20-12-15-10-13(2)9-14(3)11-15/h5-11H,4,12H2,1-3H3,(H2,20,21,23). The van der Waals surface area contributed by atoms with Gasteiger partial charge in [-0.05, 0) is 50.6 Å². The second kappa shape index (κ2) is 8.15. The van der Waals surface area contributed by atoms with Crippen molar-refractivity contribution in [2.45, 2.75) is 27.3 Å². The molecule has 2 rings (SSSR count). The van der Waals surface area contributed by atoms with Crippen molar-refractivity contribution >= 4 is 17.7 Å². The van der Waals surface area contributed by atoms with Crippen LogP contribution in [0, 0.1) is 13.8 Å². The molecule has 5 heteroatoms. The minimum Gasteiger partial charge on any atom is -0.462 e. The number of hydrogen-bond acceptors (Lipinski definition) is 3. The fraction of sp³-hybridized carbons (Fsp3) is 0.263. The van der Waals surface area contributed by atoms with Crippen molar-refractivity contribution in [3.63, 3.8) is 0 Å². The lowest BCUT2D eigenvalue weighted by Gasteiger charge is -2.09. The number of hydrogen-bond donors (Lipinski definition) is 2. The molecule has 0 aliphatic rings. The maximum atomic E-state index is 12.0. The van der Waals surface area contributed by atoms with Crippen LogP contribution in [0.5, 0.6) is 0 Å². The zero-order chi connectivity index (χ0) is 17.5. The highest BCUT2D eigenvalue weighted by Crippen LogP contribution is 2.11. The monoisotopic (exact) mass is 326 g/mol. The van der Waals surface area contributed by atoms with Crippen molar-refractivity contribution in [3.05, 3.63) is 64.7 Å². The molecular formula is C19H22N2O3. The predicted octanol–water partition coefficient (Wildman–Crippen LogP) is 3.80. The number of aryl methyl sites for hydroxylation is 2. The molecule has 24 heavy (non-hydrogen) atoms. The number of urea groups is 1. The Bertz CT molecular complexity index is 704. The molecule has 0 saturated carbocycles. The summed E-state index contributed by atoms with van der Waals surface area (Å²) in [6.45, 7) is 6.60. The second-order valence-electron chi connectivity index (χ2n) is 5.60. The quantitative estimate of drug-likeness (QED) is 0.821. The molecule has 0 aliphatic heterocycles. The third-order valence-corrected chi connectivity index (χ3v) is 3.39. The number of anilines is 1. The van der Waals surface area contributed by atoms with Crippen LogP contribution in [0.3, 0.4) is 0 Å². The molecule has 2 amide bonds. The van der Waals surface area contributed by atoms with E-state index in [0.717, 1.165) is 5.56 Å². The highest BCUT2D eigenvalue weighted by molar-refractivity contribution is 5.92. The first-order valence-corrected chi connectivity index (χ1v) is 7.87. The third kappa shape index (κ3) is 5.12. The van der Waals surface area contributed by atoms with Crippen molar-refractivity contribution < 1.29 is 14.3 Å². The molecule has 0 unspecified atom stereocenters. The molecule has 0 aromatic heterocycles. The summed E-state index contributed by atoms with van der Waals surface area (Å²) in [6.07, 6.45) is 0. The van der Waals surface area contributed by atoms with Crippen LogP contribution in [-0.2, 0) is 11.3 Å². The molecule has 2 aromatic rings. The van der Waals surface area contributed by atoms with Crippen LogP contribution in [0.15, 0.2) is 42.5 Å². The maximum absolute atomic E-state index is 12.0. The molecule has 0 atom stereocenters. The van der Waals surface area contributed by atoms with Gasteiger partial charge in [0.25, 0.3) is 0 Å². The summed E-state index contributed by atoms with van der Waals surface area (Å²) < 4.78 is 4.92. The molecule has 126 valence electrons. The summed E-state index contributed by atoms with van der Waals surface area (Å²) in [7, 11) is 0. The van der Waals surface area contributed by atoms with Gasteiger partial charge in [0.15, 0.2) is 0 Å². The summed E-state index contributed by atoms with van der Waals surface area (Å²) in [6, 6.07) is 12.5. The van der Waals surface area contributed by atoms with Gasteiger partial charge in [-0.2, -0.15) is 0 Å². The number of amides is 2. The molecule has 0 bridgehead atoms. The number of carbonyl (C=O) groups excluding carboxylic acids is 2. The Morgan fingerprint density at radius 3 is 2.21 bits per heavy atom. The lowest BCUT2D eigenvalue weighted by molar-refractivity contribution is 0.0526. The van der Waals surface area contributed by atoms with Gasteiger partial charge in [0.2, 0.25) is 0 Å². The first-order valence-electron chi connectivity index (χ1n) is 7.87. The van der Waals surface area contributed by atoms with Crippen LogP contribution < -0.4 is 10.6 Å². The van der Waals surface area contributed by atoms with Crippen LogP contribution in [0.25, 0.3) is 0 Å². The smallest absolute Gasteiger partial charge is 0.338 e. The molecule has 0 saturated heterocycles. The fourth-order valence-corrected chi connectivity index (χ4v) is 2.43. The molecule has 2 aromatic carbocycles. The van der Waals surface area contributed by atoms with E-state index in [1.807, 2.05) is 26.0 Å². The van der Waals surface area contributed by atoms with E-state index in [2.05, 4.69) is 16.7 Å². The van der Waals surface area contributed by atoms with Crippen molar-refractivity contribution in [1.29, 1.82) is 0 Å². The number of rotatable bonds is 5. The van der Waals surface area contributed by atoms with Crippen LogP contribution in [0.1, 0.15) is 34.0 Å². The zero-order valence-electron chi connectivity index (χ0n) is 14.2. The van der Waals surface area contributed by atoms with Gasteiger partial charge in [0.1, 0.15) is 0 Å². The number of benzene rings is 2. The molecule has 0 fully saturated rings. The van der Waals surface area contributed by atoms with E-state index in [0.29, 0.717) is 24.4 Å². The lowest BCUT2D eigenvalue weighted by Crippen LogP contribution is -2.28. The maximum Gasteiger partial charge on any atom is 0.338 e. The molecule has 2 N–H and O–H groups in total. The largest absolute Gasteiger partial charge is 0.462 e. The fourth-order valence-electron chi connectivity index (χ4n) is 2.43. The van der Waals surface area contributed by atoms with Crippen LogP contribution >= 0.6 is 0 Å². The van der Waals surface area contributed by atoms with Gasteiger partial charge in [0, 0.05) is 12.2 Å². The highest BCUT2D eigenvalue weighted by atomic mass is 16.5. The Kier molecular flexibility index (Phi) is 5.95. The molecule has 0 radical (unpaired) electrons. The van der Waals surface area contributed by atoms with E-state index in [9.17, 15) is 9.59 Å². The summed E-state index contributed by atoms with van der Waals surface area (Å²) in [4.78, 5) is 23.5. The molecular weight excluding hydrogens is 304 g/mol. The number of esters is 1. The lowest BCUT2D eigenvalue weighted by atomic mass is 10.1. The van der Waals surface area contributed by atoms with Crippen LogP contribution in [0.2, 0.25) is 0 Å². The molecule has 0 spiro atoms. The Labute approximate surface area is 142 Å². The van der Waals surface area contributed by atoms with Gasteiger partial charge in [-0.15, -0.1) is 0 Å². The topological polar surface area (TPSA) is 67.4 Å². The van der Waals surface area contributed by atoms with Crippen molar-refractivity contribution in [1.82, 2.24) is 5.32 Å².